The molecule has 32 heavy (non-hydrogen) atoms. The highest BCUT2D eigenvalue weighted by atomic mass is 79.9. The summed E-state index contributed by atoms with van der Waals surface area (Å²) in [7, 11) is 0. The minimum absolute atomic E-state index is 0.109. The number of amides is 1. The first-order valence-corrected chi connectivity index (χ1v) is 12.2. The number of thiocarbonyl (C=S) groups is 1. The van der Waals surface area contributed by atoms with Gasteiger partial charge in [-0.25, -0.2) is 0 Å². The van der Waals surface area contributed by atoms with Crippen LogP contribution in [0.2, 0.25) is 5.02 Å². The van der Waals surface area contributed by atoms with Crippen LogP contribution in [0.1, 0.15) is 22.3 Å². The van der Waals surface area contributed by atoms with Gasteiger partial charge in [0.15, 0.2) is 4.32 Å². The van der Waals surface area contributed by atoms with Gasteiger partial charge in [0.1, 0.15) is 12.4 Å². The number of ether oxygens (including phenoxy) is 1. The normalized spacial score (nSPS) is 15.0. The average molecular weight is 545 g/mol. The van der Waals surface area contributed by atoms with E-state index >= 15 is 0 Å². The predicted molar refractivity (Wildman–Crippen MR) is 141 cm³/mol. The van der Waals surface area contributed by atoms with Gasteiger partial charge < -0.3 is 4.74 Å². The van der Waals surface area contributed by atoms with E-state index in [2.05, 4.69) is 15.9 Å². The lowest BCUT2D eigenvalue weighted by atomic mass is 10.1. The highest BCUT2D eigenvalue weighted by molar-refractivity contribution is 9.10. The lowest BCUT2D eigenvalue weighted by Crippen LogP contribution is -2.27. The van der Waals surface area contributed by atoms with E-state index in [1.165, 1.54) is 17.3 Å². The molecule has 0 atom stereocenters. The zero-order valence-electron chi connectivity index (χ0n) is 17.4. The van der Waals surface area contributed by atoms with Gasteiger partial charge in [0.05, 0.1) is 15.1 Å². The van der Waals surface area contributed by atoms with Gasteiger partial charge >= 0.3 is 0 Å². The molecule has 3 nitrogen and oxygen atoms in total. The number of carbonyl (C=O) groups excluding carboxylic acids is 1. The third-order valence-electron chi connectivity index (χ3n) is 5.10. The van der Waals surface area contributed by atoms with Crippen molar-refractivity contribution >= 4 is 73.5 Å². The Morgan fingerprint density at radius 3 is 2.50 bits per heavy atom. The number of carbonyl (C=O) groups is 1. The first kappa shape index (κ1) is 23.1. The van der Waals surface area contributed by atoms with E-state index in [-0.39, 0.29) is 5.91 Å². The number of hydrogen-bond acceptors (Lipinski definition) is 4. The summed E-state index contributed by atoms with van der Waals surface area (Å²) < 4.78 is 7.25. The summed E-state index contributed by atoms with van der Waals surface area (Å²) in [5.41, 5.74) is 5.01. The molecule has 162 valence electrons. The number of nitrogens with zero attached hydrogens (tertiary/aromatic N) is 1. The van der Waals surface area contributed by atoms with Gasteiger partial charge in [0.2, 0.25) is 0 Å². The maximum absolute atomic E-state index is 13.1. The Morgan fingerprint density at radius 1 is 1.06 bits per heavy atom. The Morgan fingerprint density at radius 2 is 1.81 bits per heavy atom. The van der Waals surface area contributed by atoms with Crippen molar-refractivity contribution in [2.24, 2.45) is 0 Å². The van der Waals surface area contributed by atoms with Crippen molar-refractivity contribution in [3.8, 4) is 5.75 Å². The maximum atomic E-state index is 13.1. The number of anilines is 1. The van der Waals surface area contributed by atoms with Crippen molar-refractivity contribution in [1.29, 1.82) is 0 Å². The van der Waals surface area contributed by atoms with Crippen molar-refractivity contribution in [3.05, 3.63) is 97.3 Å². The molecule has 0 saturated carbocycles. The topological polar surface area (TPSA) is 29.5 Å². The largest absolute Gasteiger partial charge is 0.488 e. The highest BCUT2D eigenvalue weighted by Gasteiger charge is 2.33. The van der Waals surface area contributed by atoms with E-state index in [4.69, 9.17) is 28.6 Å². The summed E-state index contributed by atoms with van der Waals surface area (Å²) in [4.78, 5) is 15.2. The van der Waals surface area contributed by atoms with Crippen LogP contribution >= 0.6 is 51.5 Å². The summed E-state index contributed by atoms with van der Waals surface area (Å²) in [5.74, 6) is 0.613. The van der Waals surface area contributed by atoms with Crippen LogP contribution < -0.4 is 9.64 Å². The molecule has 0 aliphatic carbocycles. The molecule has 1 aliphatic heterocycles. The lowest BCUT2D eigenvalue weighted by Gasteiger charge is -2.15. The zero-order valence-corrected chi connectivity index (χ0v) is 21.4. The molecular weight excluding hydrogens is 526 g/mol. The Bertz CT molecular complexity index is 1240. The van der Waals surface area contributed by atoms with Crippen LogP contribution in [0.15, 0.2) is 70.0 Å². The molecule has 1 fully saturated rings. The van der Waals surface area contributed by atoms with Crippen LogP contribution in [0.25, 0.3) is 6.08 Å². The zero-order chi connectivity index (χ0) is 22.8. The molecule has 0 N–H and O–H groups in total. The Balaban J connectivity index is 1.50. The van der Waals surface area contributed by atoms with Crippen LogP contribution in [-0.4, -0.2) is 10.2 Å². The van der Waals surface area contributed by atoms with Gasteiger partial charge in [-0.3, -0.25) is 9.69 Å². The molecule has 0 bridgehead atoms. The smallest absolute Gasteiger partial charge is 0.270 e. The first-order chi connectivity index (χ1) is 15.3. The molecule has 1 saturated heterocycles. The molecule has 4 rings (SSSR count). The van der Waals surface area contributed by atoms with Crippen LogP contribution in [0, 0.1) is 13.8 Å². The number of aryl methyl sites for hydroxylation is 2. The maximum Gasteiger partial charge on any atom is 0.270 e. The Labute approximate surface area is 210 Å². The van der Waals surface area contributed by atoms with Gasteiger partial charge in [-0.2, -0.15) is 0 Å². The van der Waals surface area contributed by atoms with Gasteiger partial charge in [-0.05, 0) is 94.5 Å². The monoisotopic (exact) mass is 543 g/mol. The van der Waals surface area contributed by atoms with Gasteiger partial charge in [-0.1, -0.05) is 59.8 Å². The molecule has 0 radical (unpaired) electrons. The first-order valence-electron chi connectivity index (χ1n) is 9.84. The third-order valence-corrected chi connectivity index (χ3v) is 7.28. The fourth-order valence-corrected chi connectivity index (χ4v) is 5.11. The van der Waals surface area contributed by atoms with Crippen LogP contribution in [0.4, 0.5) is 5.69 Å². The van der Waals surface area contributed by atoms with Crippen molar-refractivity contribution in [1.82, 2.24) is 0 Å². The van der Waals surface area contributed by atoms with E-state index < -0.39 is 0 Å². The summed E-state index contributed by atoms with van der Waals surface area (Å²) in [6.45, 7) is 4.51. The Kier molecular flexibility index (Phi) is 7.05. The highest BCUT2D eigenvalue weighted by Crippen LogP contribution is 2.37. The minimum Gasteiger partial charge on any atom is -0.488 e. The fraction of sp³-hybridized carbons (Fsp3) is 0.120. The van der Waals surface area contributed by atoms with Gasteiger partial charge in [0.25, 0.3) is 5.91 Å². The summed E-state index contributed by atoms with van der Waals surface area (Å²) >= 11 is 16.3. The summed E-state index contributed by atoms with van der Waals surface area (Å²) in [6.07, 6.45) is 1.86. The van der Waals surface area contributed by atoms with E-state index in [0.29, 0.717) is 20.9 Å². The standard InChI is InChI=1S/C25H19BrClNO2S2/c1-15-3-9-20(11-16(15)2)28-24(29)23(32-25(28)31)13-18-6-10-22(21(26)12-18)30-14-17-4-7-19(27)8-5-17/h3-13H,14H2,1-2H3. The van der Waals surface area contributed by atoms with Crippen molar-refractivity contribution < 1.29 is 9.53 Å². The number of hydrogen-bond donors (Lipinski definition) is 0. The summed E-state index contributed by atoms with van der Waals surface area (Å²) in [5, 5.41) is 0.696. The van der Waals surface area contributed by atoms with Crippen LogP contribution in [0.3, 0.4) is 0 Å². The number of thioether (sulfide) groups is 1. The summed E-state index contributed by atoms with van der Waals surface area (Å²) in [6, 6.07) is 19.2. The minimum atomic E-state index is -0.109. The molecule has 1 heterocycles. The molecule has 0 spiro atoms. The van der Waals surface area contributed by atoms with Gasteiger partial charge in [0, 0.05) is 5.02 Å². The van der Waals surface area contributed by atoms with E-state index in [1.807, 2.05) is 80.6 Å². The Hall–Kier alpha value is -2.12. The van der Waals surface area contributed by atoms with Crippen molar-refractivity contribution in [2.45, 2.75) is 20.5 Å². The van der Waals surface area contributed by atoms with Crippen LogP contribution in [0.5, 0.6) is 5.75 Å². The number of rotatable bonds is 5. The quantitative estimate of drug-likeness (QED) is 0.243. The van der Waals surface area contributed by atoms with Crippen molar-refractivity contribution in [2.75, 3.05) is 4.90 Å². The predicted octanol–water partition coefficient (Wildman–Crippen LogP) is 7.70. The SMILES string of the molecule is Cc1ccc(N2C(=O)C(=Cc3ccc(OCc4ccc(Cl)cc4)c(Br)c3)SC2=S)cc1C. The molecule has 0 unspecified atom stereocenters. The average Bonchev–Trinajstić information content (AvgIpc) is 3.03. The van der Waals surface area contributed by atoms with Crippen LogP contribution in [-0.2, 0) is 11.4 Å². The van der Waals surface area contributed by atoms with E-state index in [0.717, 1.165) is 32.6 Å². The molecule has 7 heteroatoms. The molecule has 1 amide bonds. The van der Waals surface area contributed by atoms with Gasteiger partial charge in [-0.15, -0.1) is 0 Å². The molecule has 3 aromatic carbocycles. The molecule has 3 aromatic rings. The molecule has 0 aromatic heterocycles. The second-order valence-electron chi connectivity index (χ2n) is 7.39. The molecule has 1 aliphatic rings. The van der Waals surface area contributed by atoms with Crippen molar-refractivity contribution in [3.63, 3.8) is 0 Å². The van der Waals surface area contributed by atoms with E-state index in [9.17, 15) is 4.79 Å². The fourth-order valence-electron chi connectivity index (χ4n) is 3.17. The number of benzene rings is 3. The number of halogens is 2. The third kappa shape index (κ3) is 5.09. The molecular formula is C25H19BrClNO2S2. The second-order valence-corrected chi connectivity index (χ2v) is 10.4. The van der Waals surface area contributed by atoms with E-state index in [1.54, 1.807) is 4.90 Å². The second kappa shape index (κ2) is 9.79. The lowest BCUT2D eigenvalue weighted by molar-refractivity contribution is -0.113.